The number of ether oxygens (including phenoxy) is 1. The zero-order valence-corrected chi connectivity index (χ0v) is 12.9. The van der Waals surface area contributed by atoms with Gasteiger partial charge >= 0.3 is 120 Å². The Kier molecular flexibility index (Phi) is 5.64. The molecular weight excluding hydrogens is 305 g/mol. The molecule has 1 aromatic carbocycles. The molecule has 1 aliphatic heterocycles. The number of carbonyl (C=O) groups excluding carboxylic acids is 1. The molecule has 0 spiro atoms. The van der Waals surface area contributed by atoms with Crippen molar-refractivity contribution in [2.45, 2.75) is 11.7 Å². The van der Waals surface area contributed by atoms with Crippen LogP contribution in [-0.4, -0.2) is 52.6 Å². The Hall–Kier alpha value is -1.09. The van der Waals surface area contributed by atoms with Crippen molar-refractivity contribution in [3.8, 4) is 0 Å². The number of carbonyl (C=O) groups is 1. The topological polar surface area (TPSA) is 29.5 Å². The second-order valence-corrected chi connectivity index (χ2v) is 6.90. The van der Waals surface area contributed by atoms with E-state index >= 15 is 0 Å². The van der Waals surface area contributed by atoms with Gasteiger partial charge in [0.05, 0.1) is 0 Å². The predicted octanol–water partition coefficient (Wildman–Crippen LogP) is 1.24. The fraction of sp³-hybridized carbons (Fsp3) is 0.400. The first-order valence-corrected chi connectivity index (χ1v) is 8.54. The minimum absolute atomic E-state index is 0.182. The third-order valence-electron chi connectivity index (χ3n) is 3.10. The average molecular weight is 324 g/mol. The van der Waals surface area contributed by atoms with E-state index in [0.717, 1.165) is 31.6 Å². The fourth-order valence-electron chi connectivity index (χ4n) is 2.09. The molecule has 0 aliphatic carbocycles. The molecule has 0 bridgehead atoms. The van der Waals surface area contributed by atoms with Gasteiger partial charge in [0.15, 0.2) is 0 Å². The molecule has 0 saturated heterocycles. The molecule has 0 atom stereocenters. The van der Waals surface area contributed by atoms with Gasteiger partial charge in [-0.1, -0.05) is 0 Å². The van der Waals surface area contributed by atoms with Gasteiger partial charge in [-0.3, -0.25) is 0 Å². The van der Waals surface area contributed by atoms with E-state index in [1.165, 1.54) is 16.9 Å². The number of rotatable bonds is 5. The Morgan fingerprint density at radius 2 is 2.16 bits per heavy atom. The van der Waals surface area contributed by atoms with Crippen LogP contribution in [0, 0.1) is 0 Å². The van der Waals surface area contributed by atoms with Gasteiger partial charge in [-0.05, 0) is 0 Å². The molecule has 0 unspecified atom stereocenters. The Bertz CT molecular complexity index is 445. The zero-order chi connectivity index (χ0) is 13.5. The van der Waals surface area contributed by atoms with Crippen molar-refractivity contribution in [3.63, 3.8) is 0 Å². The summed E-state index contributed by atoms with van der Waals surface area (Å²) in [5, 5.41) is 1.19. The van der Waals surface area contributed by atoms with Gasteiger partial charge in [0, 0.05) is 0 Å². The second-order valence-electron chi connectivity index (χ2n) is 4.45. The molecule has 0 amide bonds. The summed E-state index contributed by atoms with van der Waals surface area (Å²) in [6.45, 7) is 2.84. The van der Waals surface area contributed by atoms with E-state index in [9.17, 15) is 4.79 Å². The van der Waals surface area contributed by atoms with E-state index in [4.69, 9.17) is 4.74 Å². The SMILES string of the molecule is COC(=O)C1=CCCN(CC[Se]c2ccccc2)C1. The molecule has 102 valence electrons. The Morgan fingerprint density at radius 3 is 2.89 bits per heavy atom. The number of hydrogen-bond donors (Lipinski definition) is 0. The van der Waals surface area contributed by atoms with Gasteiger partial charge < -0.3 is 0 Å². The van der Waals surface area contributed by atoms with Crippen LogP contribution >= 0.6 is 0 Å². The third-order valence-corrected chi connectivity index (χ3v) is 5.18. The Morgan fingerprint density at radius 1 is 1.37 bits per heavy atom. The van der Waals surface area contributed by atoms with Crippen LogP contribution in [0.25, 0.3) is 0 Å². The molecule has 19 heavy (non-hydrogen) atoms. The van der Waals surface area contributed by atoms with Gasteiger partial charge in [-0.15, -0.1) is 0 Å². The van der Waals surface area contributed by atoms with Gasteiger partial charge in [0.1, 0.15) is 0 Å². The quantitative estimate of drug-likeness (QED) is 0.603. The normalized spacial score (nSPS) is 15.9. The van der Waals surface area contributed by atoms with Crippen molar-refractivity contribution in [1.82, 2.24) is 4.90 Å². The molecule has 4 heteroatoms. The fourth-order valence-corrected chi connectivity index (χ4v) is 4.05. The van der Waals surface area contributed by atoms with Crippen LogP contribution in [0.3, 0.4) is 0 Å². The van der Waals surface area contributed by atoms with E-state index in [2.05, 4.69) is 35.2 Å². The standard InChI is InChI=1S/C15H19NO2Se/c1-18-15(17)13-6-5-9-16(12-13)10-11-19-14-7-3-2-4-8-14/h2-4,6-8H,5,9-12H2,1H3. The molecular formula is C15H19NO2Se. The third kappa shape index (κ3) is 4.50. The number of benzene rings is 1. The predicted molar refractivity (Wildman–Crippen MR) is 77.8 cm³/mol. The summed E-state index contributed by atoms with van der Waals surface area (Å²) in [4.78, 5) is 13.8. The summed E-state index contributed by atoms with van der Waals surface area (Å²) in [6, 6.07) is 10.6. The Labute approximate surface area is 120 Å². The van der Waals surface area contributed by atoms with Crippen molar-refractivity contribution in [2.75, 3.05) is 26.7 Å². The van der Waals surface area contributed by atoms with Crippen LogP contribution in [0.2, 0.25) is 5.32 Å². The Balaban J connectivity index is 1.75. The molecule has 3 nitrogen and oxygen atoms in total. The molecule has 1 aliphatic rings. The number of nitrogens with zero attached hydrogens (tertiary/aromatic N) is 1. The molecule has 0 radical (unpaired) electrons. The van der Waals surface area contributed by atoms with Crippen LogP contribution in [0.5, 0.6) is 0 Å². The molecule has 0 N–H and O–H groups in total. The van der Waals surface area contributed by atoms with Crippen molar-refractivity contribution < 1.29 is 9.53 Å². The van der Waals surface area contributed by atoms with E-state index in [1.807, 2.05) is 6.08 Å². The summed E-state index contributed by atoms with van der Waals surface area (Å²) in [6.07, 6.45) is 2.95. The van der Waals surface area contributed by atoms with E-state index in [1.54, 1.807) is 0 Å². The first-order valence-electron chi connectivity index (χ1n) is 6.47. The maximum atomic E-state index is 11.5. The molecule has 2 rings (SSSR count). The summed E-state index contributed by atoms with van der Waals surface area (Å²) in [7, 11) is 1.45. The van der Waals surface area contributed by atoms with Gasteiger partial charge in [-0.2, -0.15) is 0 Å². The van der Waals surface area contributed by atoms with Crippen molar-refractivity contribution in [1.29, 1.82) is 0 Å². The average Bonchev–Trinajstić information content (AvgIpc) is 2.48. The van der Waals surface area contributed by atoms with Crippen LogP contribution in [0.15, 0.2) is 42.0 Å². The van der Waals surface area contributed by atoms with Crippen molar-refractivity contribution >= 4 is 25.4 Å². The van der Waals surface area contributed by atoms with Crippen LogP contribution < -0.4 is 4.46 Å². The summed E-state index contributed by atoms with van der Waals surface area (Å²) >= 11 is 0.522. The van der Waals surface area contributed by atoms with Gasteiger partial charge in [0.25, 0.3) is 0 Å². The van der Waals surface area contributed by atoms with Crippen molar-refractivity contribution in [3.05, 3.63) is 42.0 Å². The number of methoxy groups -OCH3 is 1. The molecule has 1 aromatic rings. The molecule has 1 heterocycles. The van der Waals surface area contributed by atoms with Crippen LogP contribution in [0.1, 0.15) is 6.42 Å². The summed E-state index contributed by atoms with van der Waals surface area (Å²) < 4.78 is 6.22. The first-order chi connectivity index (χ1) is 9.29. The summed E-state index contributed by atoms with van der Waals surface area (Å²) in [5.41, 5.74) is 0.806. The first kappa shape index (κ1) is 14.3. The van der Waals surface area contributed by atoms with E-state index in [0.29, 0.717) is 15.0 Å². The van der Waals surface area contributed by atoms with Gasteiger partial charge in [0.2, 0.25) is 0 Å². The van der Waals surface area contributed by atoms with E-state index < -0.39 is 0 Å². The minimum atomic E-state index is -0.182. The number of esters is 1. The van der Waals surface area contributed by atoms with E-state index in [-0.39, 0.29) is 5.97 Å². The monoisotopic (exact) mass is 325 g/mol. The molecule has 0 saturated carbocycles. The van der Waals surface area contributed by atoms with Crippen LogP contribution in [-0.2, 0) is 9.53 Å². The molecule has 0 fully saturated rings. The zero-order valence-electron chi connectivity index (χ0n) is 11.2. The molecule has 0 aromatic heterocycles. The van der Waals surface area contributed by atoms with Gasteiger partial charge in [-0.25, -0.2) is 0 Å². The second kappa shape index (κ2) is 7.49. The maximum absolute atomic E-state index is 11.5. The van der Waals surface area contributed by atoms with Crippen molar-refractivity contribution in [2.24, 2.45) is 0 Å². The van der Waals surface area contributed by atoms with Crippen LogP contribution in [0.4, 0.5) is 0 Å². The number of hydrogen-bond acceptors (Lipinski definition) is 3. The summed E-state index contributed by atoms with van der Waals surface area (Å²) in [5.74, 6) is -0.182.